The van der Waals surface area contributed by atoms with E-state index in [1.54, 1.807) is 49.2 Å². The Bertz CT molecular complexity index is 2770. The number of anilines is 1. The van der Waals surface area contributed by atoms with Gasteiger partial charge in [0.25, 0.3) is 11.8 Å². The molecule has 0 fully saturated rings. The van der Waals surface area contributed by atoms with Gasteiger partial charge in [0.05, 0.1) is 11.7 Å². The molecule has 4 atom stereocenters. The monoisotopic (exact) mass is 1100 g/mol. The van der Waals surface area contributed by atoms with E-state index in [-0.39, 0.29) is 80.4 Å². The highest BCUT2D eigenvalue weighted by Crippen LogP contribution is 2.40. The molecule has 20 nitrogen and oxygen atoms in total. The van der Waals surface area contributed by atoms with Gasteiger partial charge >= 0.3 is 18.2 Å². The van der Waals surface area contributed by atoms with Crippen LogP contribution in [0.1, 0.15) is 116 Å². The summed E-state index contributed by atoms with van der Waals surface area (Å²) in [7, 11) is 1.52. The summed E-state index contributed by atoms with van der Waals surface area (Å²) >= 11 is 0. The summed E-state index contributed by atoms with van der Waals surface area (Å²) < 4.78 is 37.1. The molecule has 1 aliphatic heterocycles. The van der Waals surface area contributed by atoms with Crippen LogP contribution in [-0.2, 0) is 41.9 Å². The lowest BCUT2D eigenvalue weighted by Crippen LogP contribution is -2.54. The number of amides is 10. The fourth-order valence-corrected chi connectivity index (χ4v) is 9.02. The number of imidazole rings is 1. The predicted molar refractivity (Wildman–Crippen MR) is 293 cm³/mol. The van der Waals surface area contributed by atoms with Gasteiger partial charge in [0.15, 0.2) is 0 Å². The maximum atomic E-state index is 15.2. The highest BCUT2D eigenvalue weighted by Gasteiger charge is 2.39. The molecular formula is C57H75F2N11O9. The molecule has 4 aromatic rings. The van der Waals surface area contributed by atoms with Crippen LogP contribution in [0.4, 0.5) is 28.9 Å². The molecule has 0 spiro atoms. The molecule has 0 radical (unpaired) electrons. The first-order chi connectivity index (χ1) is 37.6. The average molecular weight is 1100 g/mol. The second-order valence-electron chi connectivity index (χ2n) is 20.8. The van der Waals surface area contributed by atoms with Gasteiger partial charge in [-0.3, -0.25) is 28.9 Å². The van der Waals surface area contributed by atoms with Crippen molar-refractivity contribution in [1.29, 1.82) is 0 Å². The van der Waals surface area contributed by atoms with Crippen LogP contribution in [-0.4, -0.2) is 112 Å². The second kappa shape index (κ2) is 29.5. The number of nitrogens with two attached hydrogens (primary N) is 1. The lowest BCUT2D eigenvalue weighted by atomic mass is 9.84. The van der Waals surface area contributed by atoms with E-state index in [1.807, 2.05) is 62.6 Å². The third-order valence-electron chi connectivity index (χ3n) is 13.2. The lowest BCUT2D eigenvalue weighted by Gasteiger charge is -2.40. The van der Waals surface area contributed by atoms with E-state index < -0.39 is 71.2 Å². The van der Waals surface area contributed by atoms with Gasteiger partial charge in [-0.25, -0.2) is 28.1 Å². The topological polar surface area (TPSA) is 268 Å². The fraction of sp³-hybridized carbons (Fsp3) is 0.456. The molecule has 5 rings (SSSR count). The van der Waals surface area contributed by atoms with Gasteiger partial charge in [-0.2, -0.15) is 0 Å². The SMILES string of the molecule is CCC(CCN(C(=O)NC)C(c1nc(-c2cc(F)ccc2F)cn1Cc1ccccc1)C(C)(C)C)NC(=O)OCc1ccc(NC(=O)C(CCCNC(N)=O)NC(=O)C(NC(=O)CCCCCN2C(=O)C=CC2=O)C(C)C)cc1. The fourth-order valence-electron chi connectivity index (χ4n) is 9.02. The van der Waals surface area contributed by atoms with Crippen molar-refractivity contribution >= 4 is 53.4 Å². The number of aromatic nitrogens is 2. The molecule has 0 saturated carbocycles. The normalized spacial score (nSPS) is 13.8. The second-order valence-corrected chi connectivity index (χ2v) is 20.8. The van der Waals surface area contributed by atoms with Gasteiger partial charge in [0.2, 0.25) is 17.7 Å². The van der Waals surface area contributed by atoms with E-state index in [0.717, 1.165) is 28.7 Å². The Hall–Kier alpha value is -8.17. The van der Waals surface area contributed by atoms with Crippen molar-refractivity contribution in [2.75, 3.05) is 32.0 Å². The quantitative estimate of drug-likeness (QED) is 0.0222. The Labute approximate surface area is 460 Å². The van der Waals surface area contributed by atoms with Crippen LogP contribution in [0, 0.1) is 23.0 Å². The molecule has 10 amide bonds. The Kier molecular flexibility index (Phi) is 23.1. The number of carbonyl (C=O) groups is 8. The first-order valence-corrected chi connectivity index (χ1v) is 26.6. The summed E-state index contributed by atoms with van der Waals surface area (Å²) in [5.74, 6) is -3.43. The smallest absolute Gasteiger partial charge is 0.407 e. The molecule has 426 valence electrons. The molecule has 8 N–H and O–H groups in total. The van der Waals surface area contributed by atoms with Crippen molar-refractivity contribution in [3.05, 3.63) is 120 Å². The number of ether oxygens (including phenoxy) is 1. The van der Waals surface area contributed by atoms with Crippen LogP contribution in [0.15, 0.2) is 91.1 Å². The number of nitrogens with one attached hydrogen (secondary N) is 6. The maximum absolute atomic E-state index is 15.2. The van der Waals surface area contributed by atoms with E-state index >= 15 is 4.39 Å². The van der Waals surface area contributed by atoms with Crippen LogP contribution < -0.4 is 37.6 Å². The molecule has 3 aromatic carbocycles. The molecule has 1 aromatic heterocycles. The van der Waals surface area contributed by atoms with Crippen molar-refractivity contribution in [2.45, 2.75) is 130 Å². The Morgan fingerprint density at radius 1 is 0.823 bits per heavy atom. The van der Waals surface area contributed by atoms with E-state index in [1.165, 1.54) is 19.2 Å². The van der Waals surface area contributed by atoms with Gasteiger partial charge in [-0.1, -0.05) is 90.4 Å². The number of hydrogen-bond donors (Lipinski definition) is 7. The standard InChI is InChI=1S/C57H75F2N11O9/c1-8-40(28-31-70(55(77)61-7)50(57(4,5)6)51-65-45(42-32-39(58)22-25-43(42)59)34-68(51)33-37-16-11-9-12-17-37)64-56(78)79-35-38-20-23-41(24-21-38)63-52(74)44(18-15-29-62-54(60)76)66-53(75)49(36(2)3)67-46(71)19-13-10-14-30-69-47(72)26-27-48(69)73/h9,11-12,16-17,20-27,32,34,36,40,44,49-50H,8,10,13-15,18-19,28-31,33,35H2,1-7H3,(H,61,77)(H,63,74)(H,64,78)(H,66,75)(H,67,71)(H3,60,62,76). The largest absolute Gasteiger partial charge is 0.445 e. The number of carbonyl (C=O) groups excluding carboxylic acids is 8. The molecule has 2 heterocycles. The van der Waals surface area contributed by atoms with E-state index in [9.17, 15) is 42.7 Å². The van der Waals surface area contributed by atoms with E-state index in [4.69, 9.17) is 15.5 Å². The summed E-state index contributed by atoms with van der Waals surface area (Å²) in [5.41, 5.74) is 6.66. The minimum Gasteiger partial charge on any atom is -0.445 e. The summed E-state index contributed by atoms with van der Waals surface area (Å²) in [6.45, 7) is 12.0. The van der Waals surface area contributed by atoms with Crippen molar-refractivity contribution in [3.8, 4) is 11.3 Å². The van der Waals surface area contributed by atoms with Crippen LogP contribution in [0.2, 0.25) is 0 Å². The zero-order valence-corrected chi connectivity index (χ0v) is 46.0. The number of rotatable bonds is 28. The van der Waals surface area contributed by atoms with Crippen molar-refractivity contribution < 1.29 is 51.9 Å². The number of unbranched alkanes of at least 4 members (excludes halogenated alkanes) is 2. The van der Waals surface area contributed by atoms with E-state index in [0.29, 0.717) is 55.7 Å². The summed E-state index contributed by atoms with van der Waals surface area (Å²) in [6.07, 6.45) is 6.22. The molecule has 79 heavy (non-hydrogen) atoms. The molecule has 22 heteroatoms. The molecule has 0 aliphatic carbocycles. The summed E-state index contributed by atoms with van der Waals surface area (Å²) in [5, 5.41) is 16.4. The lowest BCUT2D eigenvalue weighted by molar-refractivity contribution is -0.137. The molecule has 0 saturated heterocycles. The highest BCUT2D eigenvalue weighted by molar-refractivity contribution is 6.12. The molecule has 1 aliphatic rings. The Morgan fingerprint density at radius 2 is 1.52 bits per heavy atom. The van der Waals surface area contributed by atoms with Gasteiger partial charge in [0.1, 0.15) is 36.1 Å². The minimum absolute atomic E-state index is 0.0181. The van der Waals surface area contributed by atoms with Crippen molar-refractivity contribution in [1.82, 2.24) is 45.9 Å². The first kappa shape index (κ1) is 61.7. The molecule has 0 bridgehead atoms. The average Bonchev–Trinajstić information content (AvgIpc) is 4.14. The Morgan fingerprint density at radius 3 is 2.15 bits per heavy atom. The van der Waals surface area contributed by atoms with Crippen LogP contribution in [0.25, 0.3) is 11.3 Å². The van der Waals surface area contributed by atoms with Crippen molar-refractivity contribution in [2.24, 2.45) is 17.1 Å². The number of hydrogen-bond acceptors (Lipinski definition) is 10. The van der Waals surface area contributed by atoms with Gasteiger partial charge in [0, 0.05) is 75.3 Å². The third-order valence-corrected chi connectivity index (χ3v) is 13.2. The predicted octanol–water partition coefficient (Wildman–Crippen LogP) is 7.20. The van der Waals surface area contributed by atoms with Gasteiger partial charge in [-0.05, 0) is 91.3 Å². The van der Waals surface area contributed by atoms with Gasteiger partial charge < -0.3 is 51.8 Å². The third kappa shape index (κ3) is 18.8. The zero-order chi connectivity index (χ0) is 57.8. The maximum Gasteiger partial charge on any atom is 0.407 e. The minimum atomic E-state index is -1.08. The van der Waals surface area contributed by atoms with Crippen molar-refractivity contribution in [3.63, 3.8) is 0 Å². The summed E-state index contributed by atoms with van der Waals surface area (Å²) in [4.78, 5) is 110. The number of nitrogens with zero attached hydrogens (tertiary/aromatic N) is 4. The highest BCUT2D eigenvalue weighted by atomic mass is 19.1. The molecular weight excluding hydrogens is 1020 g/mol. The first-order valence-electron chi connectivity index (χ1n) is 26.6. The zero-order valence-electron chi connectivity index (χ0n) is 46.0. The number of imide groups is 1. The van der Waals surface area contributed by atoms with E-state index in [2.05, 4.69) is 31.9 Å². The van der Waals surface area contributed by atoms with Crippen LogP contribution in [0.3, 0.4) is 0 Å². The number of alkyl carbamates (subject to hydrolysis) is 1. The number of urea groups is 2. The number of halogens is 2. The van der Waals surface area contributed by atoms with Gasteiger partial charge in [-0.15, -0.1) is 0 Å². The van der Waals surface area contributed by atoms with Crippen LogP contribution >= 0.6 is 0 Å². The number of primary amides is 1. The Balaban J connectivity index is 1.18. The summed E-state index contributed by atoms with van der Waals surface area (Å²) in [6, 6.07) is 14.9. The number of benzene rings is 3. The van der Waals surface area contributed by atoms with Crippen LogP contribution in [0.5, 0.6) is 0 Å². The molecule has 4 unspecified atom stereocenters.